The molecule has 1 rings (SSSR count). The number of nitrogens with two attached hydrogens (primary N) is 1. The number of aromatic amines is 1. The molecular weight excluding hydrogens is 178 g/mol. The number of carbonyl (C=O) groups is 1. The van der Waals surface area contributed by atoms with E-state index in [0.29, 0.717) is 6.54 Å². The Morgan fingerprint density at radius 3 is 2.86 bits per heavy atom. The van der Waals surface area contributed by atoms with Gasteiger partial charge in [-0.25, -0.2) is 0 Å². The fraction of sp³-hybridized carbons (Fsp3) is 0.500. The number of hydrogen-bond acceptors (Lipinski definition) is 2. The quantitative estimate of drug-likeness (QED) is 0.644. The first kappa shape index (κ1) is 10.8. The van der Waals surface area contributed by atoms with Gasteiger partial charge in [0.15, 0.2) is 0 Å². The van der Waals surface area contributed by atoms with E-state index < -0.39 is 5.41 Å². The minimum Gasteiger partial charge on any atom is -0.369 e. The average molecular weight is 195 g/mol. The van der Waals surface area contributed by atoms with Crippen molar-refractivity contribution in [2.75, 3.05) is 6.54 Å². The van der Waals surface area contributed by atoms with Crippen molar-refractivity contribution in [1.82, 2.24) is 10.3 Å². The van der Waals surface area contributed by atoms with Crippen molar-refractivity contribution in [2.24, 2.45) is 11.1 Å². The molecule has 1 amide bonds. The smallest absolute Gasteiger partial charge is 0.224 e. The van der Waals surface area contributed by atoms with Crippen LogP contribution in [0.1, 0.15) is 19.5 Å². The Morgan fingerprint density at radius 1 is 1.64 bits per heavy atom. The Morgan fingerprint density at radius 2 is 2.36 bits per heavy atom. The Bertz CT molecular complexity index is 290. The lowest BCUT2D eigenvalue weighted by Crippen LogP contribution is -2.40. The predicted octanol–water partition coefficient (Wildman–Crippen LogP) is 0.616. The van der Waals surface area contributed by atoms with E-state index in [9.17, 15) is 4.79 Å². The summed E-state index contributed by atoms with van der Waals surface area (Å²) in [6.45, 7) is 4.97. The van der Waals surface area contributed by atoms with Crippen LogP contribution in [0.2, 0.25) is 0 Å². The van der Waals surface area contributed by atoms with Crippen LogP contribution in [0.15, 0.2) is 18.3 Å². The summed E-state index contributed by atoms with van der Waals surface area (Å²) < 4.78 is 0. The lowest BCUT2D eigenvalue weighted by molar-refractivity contribution is -0.125. The van der Waals surface area contributed by atoms with Crippen molar-refractivity contribution >= 4 is 5.91 Å². The van der Waals surface area contributed by atoms with Crippen molar-refractivity contribution in [3.63, 3.8) is 0 Å². The number of primary amides is 1. The van der Waals surface area contributed by atoms with E-state index in [4.69, 9.17) is 5.73 Å². The lowest BCUT2D eigenvalue weighted by Gasteiger charge is -2.20. The maximum absolute atomic E-state index is 11.0. The number of nitrogens with one attached hydrogen (secondary N) is 2. The van der Waals surface area contributed by atoms with Gasteiger partial charge < -0.3 is 16.0 Å². The molecule has 4 nitrogen and oxygen atoms in total. The Hall–Kier alpha value is -1.29. The second-order valence-electron chi connectivity index (χ2n) is 4.05. The van der Waals surface area contributed by atoms with Gasteiger partial charge in [-0.1, -0.05) is 0 Å². The van der Waals surface area contributed by atoms with Crippen LogP contribution in [0, 0.1) is 5.41 Å². The molecule has 0 aromatic carbocycles. The van der Waals surface area contributed by atoms with Crippen molar-refractivity contribution in [2.45, 2.75) is 20.4 Å². The molecule has 0 bridgehead atoms. The van der Waals surface area contributed by atoms with E-state index in [1.54, 1.807) is 0 Å². The summed E-state index contributed by atoms with van der Waals surface area (Å²) >= 11 is 0. The number of carbonyl (C=O) groups excluding carboxylic acids is 1. The summed E-state index contributed by atoms with van der Waals surface area (Å²) in [5.74, 6) is -0.281. The van der Waals surface area contributed by atoms with Crippen LogP contribution in [0.4, 0.5) is 0 Å². The summed E-state index contributed by atoms with van der Waals surface area (Å²) in [6.07, 6.45) is 1.87. The van der Waals surface area contributed by atoms with E-state index in [2.05, 4.69) is 10.3 Å². The highest BCUT2D eigenvalue weighted by Gasteiger charge is 2.23. The Kier molecular flexibility index (Phi) is 3.30. The van der Waals surface area contributed by atoms with E-state index in [1.807, 2.05) is 32.2 Å². The van der Waals surface area contributed by atoms with E-state index in [-0.39, 0.29) is 5.91 Å². The van der Waals surface area contributed by atoms with Gasteiger partial charge in [0.2, 0.25) is 5.91 Å². The van der Waals surface area contributed by atoms with E-state index in [0.717, 1.165) is 12.2 Å². The number of hydrogen-bond donors (Lipinski definition) is 3. The Balaban J connectivity index is 2.31. The Labute approximate surface area is 83.9 Å². The normalized spacial score (nSPS) is 11.6. The van der Waals surface area contributed by atoms with Gasteiger partial charge in [0.25, 0.3) is 0 Å². The average Bonchev–Trinajstić information content (AvgIpc) is 2.56. The molecular formula is C10H17N3O. The van der Waals surface area contributed by atoms with Crippen LogP contribution in [-0.2, 0) is 11.3 Å². The maximum atomic E-state index is 11.0. The molecule has 1 aromatic heterocycles. The molecule has 0 radical (unpaired) electrons. The van der Waals surface area contributed by atoms with Gasteiger partial charge in [0, 0.05) is 25.0 Å². The molecule has 0 atom stereocenters. The fourth-order valence-electron chi connectivity index (χ4n) is 1.07. The highest BCUT2D eigenvalue weighted by Crippen LogP contribution is 2.11. The molecule has 4 heteroatoms. The largest absolute Gasteiger partial charge is 0.369 e. The standard InChI is InChI=1S/C10H17N3O/c1-10(2,9(11)14)7-12-6-8-4-3-5-13-8/h3-5,12-13H,6-7H2,1-2H3,(H2,11,14). The summed E-state index contributed by atoms with van der Waals surface area (Å²) in [7, 11) is 0. The van der Waals surface area contributed by atoms with Crippen LogP contribution in [0.3, 0.4) is 0 Å². The summed E-state index contributed by atoms with van der Waals surface area (Å²) in [6, 6.07) is 3.93. The number of amides is 1. The van der Waals surface area contributed by atoms with E-state index in [1.165, 1.54) is 0 Å². The third kappa shape index (κ3) is 2.88. The fourth-order valence-corrected chi connectivity index (χ4v) is 1.07. The van der Waals surface area contributed by atoms with Crippen LogP contribution in [-0.4, -0.2) is 17.4 Å². The van der Waals surface area contributed by atoms with Crippen molar-refractivity contribution < 1.29 is 4.79 Å². The minimum atomic E-state index is -0.493. The molecule has 78 valence electrons. The van der Waals surface area contributed by atoms with Crippen LogP contribution >= 0.6 is 0 Å². The molecule has 0 aliphatic heterocycles. The SMILES string of the molecule is CC(C)(CNCc1ccc[nH]1)C(N)=O. The van der Waals surface area contributed by atoms with Crippen molar-refractivity contribution in [1.29, 1.82) is 0 Å². The highest BCUT2D eigenvalue weighted by molar-refractivity contribution is 5.80. The van der Waals surface area contributed by atoms with Crippen LogP contribution < -0.4 is 11.1 Å². The molecule has 14 heavy (non-hydrogen) atoms. The molecule has 0 spiro atoms. The zero-order valence-corrected chi connectivity index (χ0v) is 8.63. The second-order valence-corrected chi connectivity index (χ2v) is 4.05. The number of aromatic nitrogens is 1. The van der Waals surface area contributed by atoms with Gasteiger partial charge in [-0.05, 0) is 26.0 Å². The van der Waals surface area contributed by atoms with Crippen molar-refractivity contribution in [3.05, 3.63) is 24.0 Å². The highest BCUT2D eigenvalue weighted by atomic mass is 16.1. The first-order valence-corrected chi connectivity index (χ1v) is 4.65. The topological polar surface area (TPSA) is 70.9 Å². The van der Waals surface area contributed by atoms with Gasteiger partial charge in [-0.15, -0.1) is 0 Å². The van der Waals surface area contributed by atoms with Gasteiger partial charge in [-0.2, -0.15) is 0 Å². The first-order valence-electron chi connectivity index (χ1n) is 4.65. The van der Waals surface area contributed by atoms with E-state index >= 15 is 0 Å². The van der Waals surface area contributed by atoms with Gasteiger partial charge >= 0.3 is 0 Å². The van der Waals surface area contributed by atoms with Crippen LogP contribution in [0.5, 0.6) is 0 Å². The summed E-state index contributed by atoms with van der Waals surface area (Å²) in [5.41, 5.74) is 5.85. The van der Waals surface area contributed by atoms with Gasteiger partial charge in [-0.3, -0.25) is 4.79 Å². The maximum Gasteiger partial charge on any atom is 0.224 e. The molecule has 1 aromatic rings. The molecule has 0 unspecified atom stereocenters. The monoisotopic (exact) mass is 195 g/mol. The third-order valence-electron chi connectivity index (χ3n) is 2.21. The molecule has 0 fully saturated rings. The second kappa shape index (κ2) is 4.28. The number of H-pyrrole nitrogens is 1. The van der Waals surface area contributed by atoms with Gasteiger partial charge in [0.1, 0.15) is 0 Å². The summed E-state index contributed by atoms with van der Waals surface area (Å²) in [4.78, 5) is 14.1. The predicted molar refractivity (Wildman–Crippen MR) is 55.5 cm³/mol. The number of rotatable bonds is 5. The molecule has 1 heterocycles. The minimum absolute atomic E-state index is 0.281. The van der Waals surface area contributed by atoms with Crippen LogP contribution in [0.25, 0.3) is 0 Å². The molecule has 0 saturated carbocycles. The third-order valence-corrected chi connectivity index (χ3v) is 2.21. The molecule has 4 N–H and O–H groups in total. The molecule has 0 aliphatic rings. The molecule has 0 aliphatic carbocycles. The lowest BCUT2D eigenvalue weighted by atomic mass is 9.93. The van der Waals surface area contributed by atoms with Crippen molar-refractivity contribution in [3.8, 4) is 0 Å². The van der Waals surface area contributed by atoms with Gasteiger partial charge in [0.05, 0.1) is 5.41 Å². The first-order chi connectivity index (χ1) is 6.52. The zero-order valence-electron chi connectivity index (χ0n) is 8.63. The zero-order chi connectivity index (χ0) is 10.6. The summed E-state index contributed by atoms with van der Waals surface area (Å²) in [5, 5.41) is 3.18. The molecule has 0 saturated heterocycles.